The highest BCUT2D eigenvalue weighted by molar-refractivity contribution is 7.89. The number of hydrogen-bond donors (Lipinski definition) is 1. The Morgan fingerprint density at radius 1 is 1.00 bits per heavy atom. The molecule has 33 heavy (non-hydrogen) atoms. The van der Waals surface area contributed by atoms with Gasteiger partial charge in [-0.05, 0) is 56.2 Å². The highest BCUT2D eigenvalue weighted by atomic mass is 32.2. The fourth-order valence-electron chi connectivity index (χ4n) is 3.41. The molecule has 2 N–H and O–H groups in total. The molecule has 0 saturated carbocycles. The monoisotopic (exact) mass is 479 g/mol. The molecule has 1 amide bonds. The van der Waals surface area contributed by atoms with Crippen LogP contribution < -0.4 is 5.90 Å². The van der Waals surface area contributed by atoms with Gasteiger partial charge < -0.3 is 14.5 Å². The molecule has 0 radical (unpaired) electrons. The summed E-state index contributed by atoms with van der Waals surface area (Å²) < 4.78 is 46.1. The average Bonchev–Trinajstić information content (AvgIpc) is 2.77. The lowest BCUT2D eigenvalue weighted by molar-refractivity contribution is -0.150. The van der Waals surface area contributed by atoms with Crippen molar-refractivity contribution in [2.24, 2.45) is 5.90 Å². The number of carbonyl (C=O) groups is 2. The standard InChI is InChI=1S/C22H26FN3O6S/c1-22(2,3)31-21(28)25-12-13-26(19(14-25)20(27)32-24)33(29,30)18-10-6-16(7-11-18)15-4-8-17(23)9-5-15/h4-11,19H,12-14,24H2,1-3H3/t19-/m1/s1. The summed E-state index contributed by atoms with van der Waals surface area (Å²) >= 11 is 0. The van der Waals surface area contributed by atoms with Gasteiger partial charge in [-0.2, -0.15) is 10.2 Å². The molecule has 9 nitrogen and oxygen atoms in total. The normalized spacial score (nSPS) is 17.5. The third-order valence-electron chi connectivity index (χ3n) is 5.01. The van der Waals surface area contributed by atoms with Crippen molar-refractivity contribution >= 4 is 22.1 Å². The second-order valence-corrected chi connectivity index (χ2v) is 10.4. The van der Waals surface area contributed by atoms with Gasteiger partial charge >= 0.3 is 12.1 Å². The highest BCUT2D eigenvalue weighted by Gasteiger charge is 2.43. The third-order valence-corrected chi connectivity index (χ3v) is 6.93. The van der Waals surface area contributed by atoms with E-state index in [2.05, 4.69) is 4.84 Å². The van der Waals surface area contributed by atoms with Gasteiger partial charge in [-0.25, -0.2) is 22.4 Å². The number of nitrogens with two attached hydrogens (primary N) is 1. The molecule has 0 unspecified atom stereocenters. The van der Waals surface area contributed by atoms with Crippen molar-refractivity contribution < 1.29 is 32.0 Å². The fourth-order valence-corrected chi connectivity index (χ4v) is 4.97. The molecule has 0 bridgehead atoms. The van der Waals surface area contributed by atoms with Crippen LogP contribution in [0.3, 0.4) is 0 Å². The van der Waals surface area contributed by atoms with Crippen molar-refractivity contribution in [2.75, 3.05) is 19.6 Å². The quantitative estimate of drug-likeness (QED) is 0.669. The van der Waals surface area contributed by atoms with Gasteiger partial charge in [-0.15, -0.1) is 0 Å². The number of benzene rings is 2. The smallest absolute Gasteiger partial charge is 0.410 e. The number of sulfonamides is 1. The van der Waals surface area contributed by atoms with E-state index in [0.29, 0.717) is 5.56 Å². The van der Waals surface area contributed by atoms with E-state index in [-0.39, 0.29) is 30.3 Å². The van der Waals surface area contributed by atoms with Crippen LogP contribution in [-0.2, 0) is 24.4 Å². The lowest BCUT2D eigenvalue weighted by Crippen LogP contribution is -2.60. The van der Waals surface area contributed by atoms with E-state index >= 15 is 0 Å². The summed E-state index contributed by atoms with van der Waals surface area (Å²) in [6.45, 7) is 4.71. The second kappa shape index (κ2) is 9.46. The van der Waals surface area contributed by atoms with Crippen molar-refractivity contribution in [3.63, 3.8) is 0 Å². The maximum Gasteiger partial charge on any atom is 0.410 e. The van der Waals surface area contributed by atoms with E-state index in [4.69, 9.17) is 10.6 Å². The third kappa shape index (κ3) is 5.67. The van der Waals surface area contributed by atoms with Crippen molar-refractivity contribution in [3.8, 4) is 11.1 Å². The van der Waals surface area contributed by atoms with Gasteiger partial charge in [-0.1, -0.05) is 24.3 Å². The number of ether oxygens (including phenoxy) is 1. The Balaban J connectivity index is 1.84. The number of carbonyl (C=O) groups excluding carboxylic acids is 2. The number of nitrogens with zero attached hydrogens (tertiary/aromatic N) is 2. The molecule has 1 saturated heterocycles. The van der Waals surface area contributed by atoms with Crippen LogP contribution in [0.5, 0.6) is 0 Å². The van der Waals surface area contributed by atoms with Crippen LogP contribution >= 0.6 is 0 Å². The minimum Gasteiger partial charge on any atom is -0.444 e. The van der Waals surface area contributed by atoms with Gasteiger partial charge in [0.15, 0.2) is 0 Å². The van der Waals surface area contributed by atoms with Crippen LogP contribution in [0.2, 0.25) is 0 Å². The van der Waals surface area contributed by atoms with E-state index in [1.165, 1.54) is 29.2 Å². The Morgan fingerprint density at radius 3 is 2.06 bits per heavy atom. The first-order valence-corrected chi connectivity index (χ1v) is 11.6. The molecular formula is C22H26FN3O6S. The maximum atomic E-state index is 13.3. The number of amides is 1. The lowest BCUT2D eigenvalue weighted by Gasteiger charge is -2.39. The summed E-state index contributed by atoms with van der Waals surface area (Å²) in [4.78, 5) is 30.2. The Labute approximate surface area is 191 Å². The summed E-state index contributed by atoms with van der Waals surface area (Å²) in [6.07, 6.45) is -0.668. The Hall–Kier alpha value is -3.02. The Kier molecular flexibility index (Phi) is 7.06. The van der Waals surface area contributed by atoms with E-state index in [1.807, 2.05) is 0 Å². The maximum absolute atomic E-state index is 13.3. The molecule has 2 aromatic carbocycles. The minimum absolute atomic E-state index is 0.0240. The number of piperazine rings is 1. The van der Waals surface area contributed by atoms with Crippen LogP contribution in [0.1, 0.15) is 20.8 Å². The summed E-state index contributed by atoms with van der Waals surface area (Å²) in [6, 6.07) is 10.4. The second-order valence-electron chi connectivity index (χ2n) is 8.53. The predicted octanol–water partition coefficient (Wildman–Crippen LogP) is 2.52. The zero-order chi connectivity index (χ0) is 24.4. The molecule has 0 aromatic heterocycles. The molecule has 0 aliphatic carbocycles. The van der Waals surface area contributed by atoms with Crippen LogP contribution in [-0.4, -0.2) is 61.0 Å². The Morgan fingerprint density at radius 2 is 1.55 bits per heavy atom. The summed E-state index contributed by atoms with van der Waals surface area (Å²) in [5.74, 6) is 3.67. The largest absolute Gasteiger partial charge is 0.444 e. The van der Waals surface area contributed by atoms with Gasteiger partial charge in [0.05, 0.1) is 11.4 Å². The van der Waals surface area contributed by atoms with Gasteiger partial charge in [0, 0.05) is 13.1 Å². The topological polar surface area (TPSA) is 119 Å². The van der Waals surface area contributed by atoms with Crippen LogP contribution in [0.25, 0.3) is 11.1 Å². The van der Waals surface area contributed by atoms with Crippen LogP contribution in [0.4, 0.5) is 9.18 Å². The van der Waals surface area contributed by atoms with Crippen molar-refractivity contribution in [1.29, 1.82) is 0 Å². The molecule has 3 rings (SSSR count). The SMILES string of the molecule is CC(C)(C)OC(=O)N1CCN(S(=O)(=O)c2ccc(-c3ccc(F)cc3)cc2)[C@@H](C(=O)ON)C1. The molecule has 2 aromatic rings. The predicted molar refractivity (Wildman–Crippen MR) is 118 cm³/mol. The molecule has 1 aliphatic rings. The van der Waals surface area contributed by atoms with E-state index in [0.717, 1.165) is 9.87 Å². The Bertz CT molecular complexity index is 1110. The van der Waals surface area contributed by atoms with E-state index in [9.17, 15) is 22.4 Å². The first-order valence-electron chi connectivity index (χ1n) is 10.2. The zero-order valence-corrected chi connectivity index (χ0v) is 19.3. The van der Waals surface area contributed by atoms with E-state index in [1.54, 1.807) is 45.0 Å². The first-order chi connectivity index (χ1) is 15.4. The molecule has 11 heteroatoms. The van der Waals surface area contributed by atoms with Crippen molar-refractivity contribution in [1.82, 2.24) is 9.21 Å². The number of hydrogen-bond acceptors (Lipinski definition) is 7. The molecule has 178 valence electrons. The summed E-state index contributed by atoms with van der Waals surface area (Å²) in [7, 11) is -4.12. The summed E-state index contributed by atoms with van der Waals surface area (Å²) in [5.41, 5.74) is 0.661. The van der Waals surface area contributed by atoms with Crippen molar-refractivity contribution in [3.05, 3.63) is 54.3 Å². The minimum atomic E-state index is -4.12. The molecule has 1 atom stereocenters. The van der Waals surface area contributed by atoms with Gasteiger partial charge in [0.1, 0.15) is 17.5 Å². The van der Waals surface area contributed by atoms with Crippen LogP contribution in [0.15, 0.2) is 53.4 Å². The number of rotatable bonds is 4. The molecule has 1 fully saturated rings. The molecule has 1 aliphatic heterocycles. The zero-order valence-electron chi connectivity index (χ0n) is 18.5. The highest BCUT2D eigenvalue weighted by Crippen LogP contribution is 2.26. The molecule has 1 heterocycles. The van der Waals surface area contributed by atoms with Crippen LogP contribution in [0, 0.1) is 5.82 Å². The molecular weight excluding hydrogens is 453 g/mol. The first kappa shape index (κ1) is 24.6. The molecule has 0 spiro atoms. The van der Waals surface area contributed by atoms with Crippen molar-refractivity contribution in [2.45, 2.75) is 37.3 Å². The van der Waals surface area contributed by atoms with Gasteiger partial charge in [-0.3, -0.25) is 0 Å². The summed E-state index contributed by atoms with van der Waals surface area (Å²) in [5, 5.41) is 0. The fraction of sp³-hybridized carbons (Fsp3) is 0.364. The van der Waals surface area contributed by atoms with Gasteiger partial charge in [0.25, 0.3) is 0 Å². The lowest BCUT2D eigenvalue weighted by atomic mass is 10.1. The average molecular weight is 480 g/mol. The van der Waals surface area contributed by atoms with E-state index < -0.39 is 33.7 Å². The van der Waals surface area contributed by atoms with Gasteiger partial charge in [0.2, 0.25) is 10.0 Å². The number of halogens is 1.